The number of amides is 1. The fourth-order valence-electron chi connectivity index (χ4n) is 3.64. The van der Waals surface area contributed by atoms with Crippen molar-refractivity contribution in [2.24, 2.45) is 11.7 Å². The van der Waals surface area contributed by atoms with E-state index in [2.05, 4.69) is 4.72 Å². The van der Waals surface area contributed by atoms with Crippen molar-refractivity contribution < 1.29 is 13.2 Å². The third kappa shape index (κ3) is 5.02. The third-order valence-electron chi connectivity index (χ3n) is 5.80. The van der Waals surface area contributed by atoms with Gasteiger partial charge in [0.2, 0.25) is 15.9 Å². The molecule has 27 heavy (non-hydrogen) atoms. The number of carbonyl (C=O) groups excluding carboxylic acids is 1. The summed E-state index contributed by atoms with van der Waals surface area (Å²) in [5.41, 5.74) is 10.3. The van der Waals surface area contributed by atoms with Crippen molar-refractivity contribution in [3.63, 3.8) is 0 Å². The Bertz CT molecular complexity index is 780. The molecular weight excluding hydrogens is 386 g/mol. The van der Waals surface area contributed by atoms with Gasteiger partial charge >= 0.3 is 0 Å². The number of hydrogen-bond donors (Lipinski definition) is 2. The minimum Gasteiger partial charge on any atom is -0.342 e. The van der Waals surface area contributed by atoms with Crippen molar-refractivity contribution in [2.45, 2.75) is 52.4 Å². The predicted octanol–water partition coefficient (Wildman–Crippen LogP) is 2.13. The summed E-state index contributed by atoms with van der Waals surface area (Å²) < 4.78 is 28.3. The van der Waals surface area contributed by atoms with Crippen molar-refractivity contribution in [3.8, 4) is 0 Å². The van der Waals surface area contributed by atoms with Gasteiger partial charge in [-0.15, -0.1) is 12.4 Å². The molecule has 6 nitrogen and oxygen atoms in total. The van der Waals surface area contributed by atoms with Crippen LogP contribution in [0.2, 0.25) is 0 Å². The Morgan fingerprint density at radius 3 is 2.07 bits per heavy atom. The first-order valence-electron chi connectivity index (χ1n) is 9.14. The molecule has 2 rings (SSSR count). The number of nitrogens with zero attached hydrogens (tertiary/aromatic N) is 1. The van der Waals surface area contributed by atoms with Gasteiger partial charge in [0, 0.05) is 26.1 Å². The number of hydrogen-bond acceptors (Lipinski definition) is 4. The van der Waals surface area contributed by atoms with Gasteiger partial charge in [0.05, 0.1) is 4.90 Å². The van der Waals surface area contributed by atoms with Gasteiger partial charge in [0.15, 0.2) is 0 Å². The van der Waals surface area contributed by atoms with Gasteiger partial charge in [-0.3, -0.25) is 4.79 Å². The monoisotopic (exact) mass is 417 g/mol. The summed E-state index contributed by atoms with van der Waals surface area (Å²) in [5.74, 6) is 0.341. The lowest BCUT2D eigenvalue weighted by Crippen LogP contribution is -2.34. The quantitative estimate of drug-likeness (QED) is 0.741. The van der Waals surface area contributed by atoms with Crippen LogP contribution in [-0.4, -0.2) is 45.4 Å². The van der Waals surface area contributed by atoms with E-state index in [0.717, 1.165) is 34.2 Å². The fourth-order valence-corrected chi connectivity index (χ4v) is 5.27. The predicted molar refractivity (Wildman–Crippen MR) is 111 cm³/mol. The van der Waals surface area contributed by atoms with Crippen LogP contribution in [0.25, 0.3) is 0 Å². The third-order valence-corrected chi connectivity index (χ3v) is 7.54. The summed E-state index contributed by atoms with van der Waals surface area (Å²) in [5, 5.41) is 0. The summed E-state index contributed by atoms with van der Waals surface area (Å²) in [6.45, 7) is 11.7. The van der Waals surface area contributed by atoms with E-state index in [9.17, 15) is 13.2 Å². The smallest absolute Gasteiger partial charge is 0.241 e. The molecule has 0 saturated carbocycles. The largest absolute Gasteiger partial charge is 0.342 e. The minimum absolute atomic E-state index is 0. The van der Waals surface area contributed by atoms with E-state index in [0.29, 0.717) is 30.4 Å². The number of nitrogens with one attached hydrogen (secondary N) is 1. The summed E-state index contributed by atoms with van der Waals surface area (Å²) in [6, 6.07) is 0. The summed E-state index contributed by atoms with van der Waals surface area (Å²) >= 11 is 0. The van der Waals surface area contributed by atoms with Crippen LogP contribution in [0.4, 0.5) is 0 Å². The Kier molecular flexibility index (Phi) is 8.29. The zero-order valence-corrected chi connectivity index (χ0v) is 18.5. The lowest BCUT2D eigenvalue weighted by Gasteiger charge is -2.20. The van der Waals surface area contributed by atoms with E-state index in [-0.39, 0.29) is 31.3 Å². The summed E-state index contributed by atoms with van der Waals surface area (Å²) in [6.07, 6.45) is 1.09. The van der Waals surface area contributed by atoms with Crippen LogP contribution >= 0.6 is 12.4 Å². The Hall–Kier alpha value is -1.15. The zero-order valence-electron chi connectivity index (χ0n) is 16.9. The molecule has 0 spiro atoms. The van der Waals surface area contributed by atoms with Crippen LogP contribution in [0, 0.1) is 40.5 Å². The molecule has 1 aliphatic rings. The molecule has 0 aromatic heterocycles. The average Bonchev–Trinajstić information content (AvgIpc) is 3.07. The molecule has 154 valence electrons. The van der Waals surface area contributed by atoms with E-state index < -0.39 is 10.0 Å². The maximum absolute atomic E-state index is 12.8. The van der Waals surface area contributed by atoms with E-state index in [1.54, 1.807) is 4.90 Å². The van der Waals surface area contributed by atoms with Crippen molar-refractivity contribution in [2.75, 3.05) is 26.2 Å². The van der Waals surface area contributed by atoms with Crippen LogP contribution < -0.4 is 10.5 Å². The SMILES string of the molecule is Cc1c(C)c(C)c(S(=O)(=O)NCCC(=O)N2CCC(CN)C2)c(C)c1C.Cl. The van der Waals surface area contributed by atoms with Crippen molar-refractivity contribution >= 4 is 28.3 Å². The first-order chi connectivity index (χ1) is 12.1. The van der Waals surface area contributed by atoms with E-state index in [4.69, 9.17) is 5.73 Å². The van der Waals surface area contributed by atoms with E-state index >= 15 is 0 Å². The van der Waals surface area contributed by atoms with Gasteiger partial charge in [0.25, 0.3) is 0 Å². The highest BCUT2D eigenvalue weighted by Crippen LogP contribution is 2.29. The number of halogens is 1. The highest BCUT2D eigenvalue weighted by atomic mass is 35.5. The van der Waals surface area contributed by atoms with Crippen LogP contribution in [0.5, 0.6) is 0 Å². The lowest BCUT2D eigenvalue weighted by molar-refractivity contribution is -0.130. The molecule has 1 aliphatic heterocycles. The second kappa shape index (κ2) is 9.37. The summed E-state index contributed by atoms with van der Waals surface area (Å²) in [4.78, 5) is 14.4. The molecule has 1 aromatic carbocycles. The van der Waals surface area contributed by atoms with Gasteiger partial charge < -0.3 is 10.6 Å². The van der Waals surface area contributed by atoms with Gasteiger partial charge in [-0.05, 0) is 81.3 Å². The molecule has 1 atom stereocenters. The fraction of sp³-hybridized carbons (Fsp3) is 0.632. The van der Waals surface area contributed by atoms with Crippen LogP contribution in [0.1, 0.15) is 40.7 Å². The van der Waals surface area contributed by atoms with Crippen LogP contribution in [-0.2, 0) is 14.8 Å². The number of likely N-dealkylation sites (tertiary alicyclic amines) is 1. The van der Waals surface area contributed by atoms with Gasteiger partial charge in [-0.1, -0.05) is 0 Å². The Labute approximate surface area is 169 Å². The lowest BCUT2D eigenvalue weighted by atomic mass is 9.95. The molecule has 8 heteroatoms. The Morgan fingerprint density at radius 1 is 1.07 bits per heavy atom. The van der Waals surface area contributed by atoms with Crippen LogP contribution in [0.15, 0.2) is 4.90 Å². The molecular formula is C19H32ClN3O3S. The average molecular weight is 418 g/mol. The Balaban J connectivity index is 0.00000364. The second-order valence-electron chi connectivity index (χ2n) is 7.33. The Morgan fingerprint density at radius 2 is 1.59 bits per heavy atom. The van der Waals surface area contributed by atoms with Gasteiger partial charge in [0.1, 0.15) is 0 Å². The number of sulfonamides is 1. The zero-order chi connectivity index (χ0) is 19.6. The highest BCUT2D eigenvalue weighted by Gasteiger charge is 2.26. The van der Waals surface area contributed by atoms with Gasteiger partial charge in [-0.2, -0.15) is 0 Å². The normalized spacial score (nSPS) is 17.1. The molecule has 0 radical (unpaired) electrons. The van der Waals surface area contributed by atoms with Crippen molar-refractivity contribution in [1.29, 1.82) is 0 Å². The maximum atomic E-state index is 12.8. The summed E-state index contributed by atoms with van der Waals surface area (Å²) in [7, 11) is -3.66. The molecule has 1 unspecified atom stereocenters. The molecule has 1 saturated heterocycles. The number of benzene rings is 1. The highest BCUT2D eigenvalue weighted by molar-refractivity contribution is 7.89. The second-order valence-corrected chi connectivity index (χ2v) is 9.04. The molecule has 3 N–H and O–H groups in total. The van der Waals surface area contributed by atoms with Crippen molar-refractivity contribution in [3.05, 3.63) is 27.8 Å². The molecule has 1 aromatic rings. The molecule has 1 heterocycles. The maximum Gasteiger partial charge on any atom is 0.241 e. The van der Waals surface area contributed by atoms with Gasteiger partial charge in [-0.25, -0.2) is 13.1 Å². The first kappa shape index (κ1) is 23.9. The standard InChI is InChI=1S/C19H31N3O3S.ClH/c1-12-13(2)15(4)19(16(5)14(12)3)26(24,25)21-8-6-18(23)22-9-7-17(10-20)11-22;/h17,21H,6-11,20H2,1-5H3;1H. The molecule has 0 bridgehead atoms. The molecule has 1 amide bonds. The van der Waals surface area contributed by atoms with E-state index in [1.165, 1.54) is 0 Å². The number of carbonyl (C=O) groups is 1. The number of nitrogens with two attached hydrogens (primary N) is 1. The number of rotatable bonds is 6. The molecule has 0 aliphatic carbocycles. The topological polar surface area (TPSA) is 92.5 Å². The minimum atomic E-state index is -3.66. The van der Waals surface area contributed by atoms with Crippen molar-refractivity contribution in [1.82, 2.24) is 9.62 Å². The first-order valence-corrected chi connectivity index (χ1v) is 10.6. The van der Waals surface area contributed by atoms with E-state index in [1.807, 2.05) is 34.6 Å². The molecule has 1 fully saturated rings. The van der Waals surface area contributed by atoms with Crippen LogP contribution in [0.3, 0.4) is 0 Å².